The number of nitrogens with two attached hydrogens (primary N) is 1. The third-order valence-electron chi connectivity index (χ3n) is 3.65. The normalized spacial score (nSPS) is 27.4. The van der Waals surface area contributed by atoms with Gasteiger partial charge in [-0.15, -0.1) is 0 Å². The molecule has 0 aromatic rings. The first kappa shape index (κ1) is 10.7. The Morgan fingerprint density at radius 3 is 2.80 bits per heavy atom. The van der Waals surface area contributed by atoms with Crippen LogP contribution in [-0.4, -0.2) is 19.0 Å². The van der Waals surface area contributed by atoms with E-state index >= 15 is 0 Å². The van der Waals surface area contributed by atoms with Gasteiger partial charge in [0.15, 0.2) is 0 Å². The molecule has 3 N–H and O–H groups in total. The van der Waals surface area contributed by atoms with E-state index in [1.165, 1.54) is 6.42 Å². The van der Waals surface area contributed by atoms with Crippen molar-refractivity contribution in [2.75, 3.05) is 13.1 Å². The summed E-state index contributed by atoms with van der Waals surface area (Å²) in [6, 6.07) is 0. The summed E-state index contributed by atoms with van der Waals surface area (Å²) >= 11 is 0. The summed E-state index contributed by atoms with van der Waals surface area (Å²) in [4.78, 5) is 11.8. The fraction of sp³-hybridized carbons (Fsp3) is 0.750. The van der Waals surface area contributed by atoms with Gasteiger partial charge in [0.1, 0.15) is 0 Å². The van der Waals surface area contributed by atoms with E-state index in [4.69, 9.17) is 5.73 Å². The summed E-state index contributed by atoms with van der Waals surface area (Å²) in [5.41, 5.74) is 5.42. The van der Waals surface area contributed by atoms with Crippen LogP contribution in [-0.2, 0) is 4.79 Å². The van der Waals surface area contributed by atoms with Gasteiger partial charge >= 0.3 is 0 Å². The molecule has 0 saturated heterocycles. The Bertz CT molecular complexity index is 269. The first-order chi connectivity index (χ1) is 7.27. The largest absolute Gasteiger partial charge is 0.355 e. The molecular formula is C12H20N2O. The molecule has 1 fully saturated rings. The molecule has 2 rings (SSSR count). The maximum absolute atomic E-state index is 11.8. The number of allylic oxidation sites excluding steroid dienone is 2. The van der Waals surface area contributed by atoms with Gasteiger partial charge in [-0.2, -0.15) is 0 Å². The highest BCUT2D eigenvalue weighted by Crippen LogP contribution is 2.44. The smallest absolute Gasteiger partial charge is 0.227 e. The van der Waals surface area contributed by atoms with Gasteiger partial charge in [0, 0.05) is 13.1 Å². The zero-order chi connectivity index (χ0) is 10.7. The van der Waals surface area contributed by atoms with E-state index in [1.54, 1.807) is 0 Å². The zero-order valence-electron chi connectivity index (χ0n) is 9.17. The second-order valence-electron chi connectivity index (χ2n) is 4.84. The summed E-state index contributed by atoms with van der Waals surface area (Å²) in [6.07, 6.45) is 9.85. The number of nitrogens with one attached hydrogen (secondary N) is 1. The number of rotatable bonds is 4. The lowest BCUT2D eigenvalue weighted by Crippen LogP contribution is -2.39. The van der Waals surface area contributed by atoms with Gasteiger partial charge in [0.25, 0.3) is 0 Å². The van der Waals surface area contributed by atoms with Crippen LogP contribution < -0.4 is 11.1 Å². The van der Waals surface area contributed by atoms with Crippen LogP contribution in [0.15, 0.2) is 12.2 Å². The molecule has 1 unspecified atom stereocenters. The summed E-state index contributed by atoms with van der Waals surface area (Å²) in [5.74, 6) is 0.812. The quantitative estimate of drug-likeness (QED) is 0.682. The van der Waals surface area contributed by atoms with Crippen LogP contribution in [0.4, 0.5) is 0 Å². The van der Waals surface area contributed by atoms with Crippen molar-refractivity contribution in [1.82, 2.24) is 5.32 Å². The zero-order valence-corrected chi connectivity index (χ0v) is 9.17. The Kier molecular flexibility index (Phi) is 3.10. The van der Waals surface area contributed by atoms with Crippen molar-refractivity contribution in [2.24, 2.45) is 17.1 Å². The predicted molar refractivity (Wildman–Crippen MR) is 60.2 cm³/mol. The molecule has 2 aliphatic carbocycles. The van der Waals surface area contributed by atoms with Crippen molar-refractivity contribution in [3.8, 4) is 0 Å². The minimum atomic E-state index is -0.190. The van der Waals surface area contributed by atoms with Gasteiger partial charge < -0.3 is 11.1 Å². The molecule has 0 spiro atoms. The van der Waals surface area contributed by atoms with Crippen LogP contribution in [0.5, 0.6) is 0 Å². The highest BCUT2D eigenvalue weighted by atomic mass is 16.2. The van der Waals surface area contributed by atoms with Gasteiger partial charge in [-0.1, -0.05) is 12.2 Å². The van der Waals surface area contributed by atoms with Crippen LogP contribution in [0.2, 0.25) is 0 Å². The summed E-state index contributed by atoms with van der Waals surface area (Å²) < 4.78 is 0. The molecule has 0 radical (unpaired) electrons. The fourth-order valence-corrected chi connectivity index (χ4v) is 2.14. The average molecular weight is 208 g/mol. The summed E-state index contributed by atoms with van der Waals surface area (Å²) in [7, 11) is 0. The number of hydrogen-bond acceptors (Lipinski definition) is 2. The molecule has 0 heterocycles. The van der Waals surface area contributed by atoms with Gasteiger partial charge in [-0.25, -0.2) is 0 Å². The number of carbonyl (C=O) groups is 1. The second kappa shape index (κ2) is 4.35. The minimum Gasteiger partial charge on any atom is -0.355 e. The average Bonchev–Trinajstić information content (AvgIpc) is 3.08. The molecule has 1 atom stereocenters. The Morgan fingerprint density at radius 1 is 1.47 bits per heavy atom. The van der Waals surface area contributed by atoms with Gasteiger partial charge in [-0.05, 0) is 38.0 Å². The molecular weight excluding hydrogens is 188 g/mol. The molecule has 3 nitrogen and oxygen atoms in total. The van der Waals surface area contributed by atoms with E-state index in [9.17, 15) is 4.79 Å². The molecule has 84 valence electrons. The summed E-state index contributed by atoms with van der Waals surface area (Å²) in [5, 5.41) is 3.05. The van der Waals surface area contributed by atoms with E-state index in [2.05, 4.69) is 17.5 Å². The lowest BCUT2D eigenvalue weighted by molar-refractivity contribution is -0.126. The van der Waals surface area contributed by atoms with Crippen molar-refractivity contribution in [3.05, 3.63) is 12.2 Å². The van der Waals surface area contributed by atoms with Crippen molar-refractivity contribution in [2.45, 2.75) is 32.1 Å². The monoisotopic (exact) mass is 208 g/mol. The Morgan fingerprint density at radius 2 is 2.27 bits per heavy atom. The molecule has 0 aliphatic heterocycles. The molecule has 2 aliphatic rings. The summed E-state index contributed by atoms with van der Waals surface area (Å²) in [6.45, 7) is 1.33. The second-order valence-corrected chi connectivity index (χ2v) is 4.84. The van der Waals surface area contributed by atoms with Crippen LogP contribution in [0.3, 0.4) is 0 Å². The SMILES string of the molecule is NCC1(C(=O)NCC2CC=CCC2)CC1. The highest BCUT2D eigenvalue weighted by molar-refractivity contribution is 5.85. The third kappa shape index (κ3) is 2.40. The van der Waals surface area contributed by atoms with Gasteiger partial charge in [0.05, 0.1) is 5.41 Å². The minimum absolute atomic E-state index is 0.180. The molecule has 3 heteroatoms. The van der Waals surface area contributed by atoms with Crippen LogP contribution >= 0.6 is 0 Å². The van der Waals surface area contributed by atoms with Crippen LogP contribution in [0.1, 0.15) is 32.1 Å². The van der Waals surface area contributed by atoms with Gasteiger partial charge in [-0.3, -0.25) is 4.79 Å². The molecule has 0 bridgehead atoms. The van der Waals surface area contributed by atoms with E-state index < -0.39 is 0 Å². The lowest BCUT2D eigenvalue weighted by Gasteiger charge is -2.20. The van der Waals surface area contributed by atoms with E-state index in [0.717, 1.165) is 32.2 Å². The lowest BCUT2D eigenvalue weighted by atomic mass is 9.94. The first-order valence-corrected chi connectivity index (χ1v) is 5.90. The van der Waals surface area contributed by atoms with Crippen molar-refractivity contribution >= 4 is 5.91 Å². The number of hydrogen-bond donors (Lipinski definition) is 2. The van der Waals surface area contributed by atoms with Crippen LogP contribution in [0, 0.1) is 11.3 Å². The Balaban J connectivity index is 1.73. The fourth-order valence-electron chi connectivity index (χ4n) is 2.14. The van der Waals surface area contributed by atoms with Crippen molar-refractivity contribution < 1.29 is 4.79 Å². The van der Waals surface area contributed by atoms with E-state index in [0.29, 0.717) is 12.5 Å². The number of amides is 1. The van der Waals surface area contributed by atoms with Crippen LogP contribution in [0.25, 0.3) is 0 Å². The molecule has 0 aromatic heterocycles. The first-order valence-electron chi connectivity index (χ1n) is 5.90. The van der Waals surface area contributed by atoms with E-state index in [-0.39, 0.29) is 11.3 Å². The Labute approximate surface area is 91.1 Å². The highest BCUT2D eigenvalue weighted by Gasteiger charge is 2.48. The maximum atomic E-state index is 11.8. The number of carbonyl (C=O) groups excluding carboxylic acids is 1. The third-order valence-corrected chi connectivity index (χ3v) is 3.65. The standard InChI is InChI=1S/C12H20N2O/c13-9-12(6-7-12)11(15)14-8-10-4-2-1-3-5-10/h1-2,10H,3-9,13H2,(H,14,15). The van der Waals surface area contributed by atoms with E-state index in [1.807, 2.05) is 0 Å². The molecule has 1 saturated carbocycles. The van der Waals surface area contributed by atoms with Gasteiger partial charge in [0.2, 0.25) is 5.91 Å². The maximum Gasteiger partial charge on any atom is 0.227 e. The Hall–Kier alpha value is -0.830. The predicted octanol–water partition coefficient (Wildman–Crippen LogP) is 1.20. The molecule has 1 amide bonds. The molecule has 0 aromatic carbocycles. The topological polar surface area (TPSA) is 55.1 Å². The van der Waals surface area contributed by atoms with Crippen molar-refractivity contribution in [3.63, 3.8) is 0 Å². The van der Waals surface area contributed by atoms with Crippen molar-refractivity contribution in [1.29, 1.82) is 0 Å². The molecule has 15 heavy (non-hydrogen) atoms.